The van der Waals surface area contributed by atoms with E-state index in [9.17, 15) is 14.4 Å². The number of rotatable bonds is 6. The fourth-order valence-electron chi connectivity index (χ4n) is 3.60. The van der Waals surface area contributed by atoms with Gasteiger partial charge < -0.3 is 19.4 Å². The van der Waals surface area contributed by atoms with Crippen LogP contribution in [0.3, 0.4) is 0 Å². The van der Waals surface area contributed by atoms with E-state index < -0.39 is 11.5 Å². The van der Waals surface area contributed by atoms with Crippen LogP contribution in [-0.2, 0) is 0 Å². The van der Waals surface area contributed by atoms with Crippen LogP contribution in [0.15, 0.2) is 50.3 Å². The van der Waals surface area contributed by atoms with E-state index in [4.69, 9.17) is 9.15 Å². The lowest BCUT2D eigenvalue weighted by Crippen LogP contribution is -2.50. The molecule has 8 nitrogen and oxygen atoms in total. The van der Waals surface area contributed by atoms with E-state index >= 15 is 0 Å². The Kier molecular flexibility index (Phi) is 7.89. The quantitative estimate of drug-likeness (QED) is 0.548. The molecule has 0 aliphatic carbocycles. The number of carbonyl (C=O) groups is 2. The number of para-hydroxylation sites is 1. The van der Waals surface area contributed by atoms with Crippen molar-refractivity contribution < 1.29 is 18.7 Å². The van der Waals surface area contributed by atoms with Gasteiger partial charge in [0.15, 0.2) is 11.3 Å². The summed E-state index contributed by atoms with van der Waals surface area (Å²) >= 11 is 1.51. The molecule has 3 heterocycles. The molecule has 1 aliphatic heterocycles. The first-order chi connectivity index (χ1) is 15.1. The van der Waals surface area contributed by atoms with Crippen molar-refractivity contribution in [3.05, 3.63) is 62.6 Å². The van der Waals surface area contributed by atoms with Gasteiger partial charge in [-0.25, -0.2) is 4.79 Å². The van der Waals surface area contributed by atoms with Gasteiger partial charge in [0.2, 0.25) is 0 Å². The number of hydrogen-bond donors (Lipinski definition) is 1. The Balaban J connectivity index is 0.00000289. The molecule has 1 aromatic carbocycles. The molecule has 0 spiro atoms. The minimum atomic E-state index is -0.699. The molecule has 0 bridgehead atoms. The molecule has 1 aliphatic rings. The van der Waals surface area contributed by atoms with Crippen molar-refractivity contribution in [1.82, 2.24) is 15.1 Å². The van der Waals surface area contributed by atoms with E-state index in [0.29, 0.717) is 42.9 Å². The smallest absolute Gasteiger partial charge is 0.349 e. The summed E-state index contributed by atoms with van der Waals surface area (Å²) in [6.07, 6.45) is 0. The average Bonchev–Trinajstić information content (AvgIpc) is 3.33. The van der Waals surface area contributed by atoms with Crippen LogP contribution in [0.25, 0.3) is 11.0 Å². The maximum absolute atomic E-state index is 12.5. The molecule has 4 rings (SSSR count). The van der Waals surface area contributed by atoms with Gasteiger partial charge in [-0.15, -0.1) is 12.4 Å². The van der Waals surface area contributed by atoms with Crippen molar-refractivity contribution in [1.29, 1.82) is 0 Å². The highest BCUT2D eigenvalue weighted by atomic mass is 35.5. The van der Waals surface area contributed by atoms with Gasteiger partial charge in [-0.05, 0) is 23.6 Å². The van der Waals surface area contributed by atoms with Crippen LogP contribution in [0.4, 0.5) is 0 Å². The number of thiophene rings is 1. The van der Waals surface area contributed by atoms with Crippen LogP contribution < -0.4 is 15.7 Å². The molecule has 10 heteroatoms. The van der Waals surface area contributed by atoms with Crippen molar-refractivity contribution in [2.75, 3.05) is 46.4 Å². The van der Waals surface area contributed by atoms with Crippen LogP contribution in [0.5, 0.6) is 5.75 Å². The Bertz CT molecular complexity index is 1140. The lowest BCUT2D eigenvalue weighted by atomic mass is 10.1. The molecular weight excluding hydrogens is 454 g/mol. The maximum Gasteiger partial charge on any atom is 0.349 e. The molecule has 1 N–H and O–H groups in total. The molecule has 2 aromatic heterocycles. The summed E-state index contributed by atoms with van der Waals surface area (Å²) in [5.74, 6) is 0.0387. The number of amides is 2. The zero-order valence-electron chi connectivity index (χ0n) is 17.5. The van der Waals surface area contributed by atoms with E-state index in [-0.39, 0.29) is 23.9 Å². The number of halogens is 1. The molecule has 0 atom stereocenters. The Morgan fingerprint density at radius 3 is 2.66 bits per heavy atom. The van der Waals surface area contributed by atoms with Crippen molar-refractivity contribution in [2.24, 2.45) is 0 Å². The van der Waals surface area contributed by atoms with Crippen LogP contribution in [0, 0.1) is 0 Å². The third kappa shape index (κ3) is 5.12. The second-order valence-electron chi connectivity index (χ2n) is 7.23. The Hall–Kier alpha value is -2.88. The van der Waals surface area contributed by atoms with Crippen LogP contribution in [0.1, 0.15) is 20.7 Å². The first kappa shape index (κ1) is 23.8. The lowest BCUT2D eigenvalue weighted by Gasteiger charge is -2.34. The van der Waals surface area contributed by atoms with Gasteiger partial charge >= 0.3 is 5.63 Å². The molecule has 2 amide bonds. The largest absolute Gasteiger partial charge is 0.493 e. The van der Waals surface area contributed by atoms with Crippen molar-refractivity contribution in [2.45, 2.75) is 0 Å². The van der Waals surface area contributed by atoms with Gasteiger partial charge in [-0.3, -0.25) is 14.5 Å². The lowest BCUT2D eigenvalue weighted by molar-refractivity contribution is 0.0638. The number of carbonyl (C=O) groups excluding carboxylic acids is 2. The number of hydrogen-bond acceptors (Lipinski definition) is 7. The number of nitrogens with one attached hydrogen (secondary N) is 1. The van der Waals surface area contributed by atoms with Gasteiger partial charge in [0.05, 0.1) is 12.7 Å². The fraction of sp³-hybridized carbons (Fsp3) is 0.318. The third-order valence-corrected chi connectivity index (χ3v) is 6.01. The second kappa shape index (κ2) is 10.6. The van der Waals surface area contributed by atoms with E-state index in [1.165, 1.54) is 24.5 Å². The molecule has 0 saturated carbocycles. The van der Waals surface area contributed by atoms with E-state index in [0.717, 1.165) is 18.7 Å². The van der Waals surface area contributed by atoms with Gasteiger partial charge in [0.1, 0.15) is 5.56 Å². The SMILES string of the molecule is COc1cccc2cc(C(=O)NCCN3CCN(C(=O)c4ccsc4)CC3)c(=O)oc12.Cl. The molecule has 3 aromatic rings. The first-order valence-electron chi connectivity index (χ1n) is 9.99. The average molecular weight is 478 g/mol. The van der Waals surface area contributed by atoms with Gasteiger partial charge in [0, 0.05) is 50.0 Å². The first-order valence-corrected chi connectivity index (χ1v) is 10.9. The van der Waals surface area contributed by atoms with Gasteiger partial charge in [0.25, 0.3) is 11.8 Å². The summed E-state index contributed by atoms with van der Waals surface area (Å²) in [4.78, 5) is 41.2. The predicted octanol–water partition coefficient (Wildman–Crippen LogP) is 2.47. The summed E-state index contributed by atoms with van der Waals surface area (Å²) in [6.45, 7) is 3.82. The summed E-state index contributed by atoms with van der Waals surface area (Å²) < 4.78 is 10.5. The Morgan fingerprint density at radius 1 is 1.19 bits per heavy atom. The third-order valence-electron chi connectivity index (χ3n) is 5.33. The number of benzene rings is 1. The molecule has 32 heavy (non-hydrogen) atoms. The van der Waals surface area contributed by atoms with Gasteiger partial charge in [-0.2, -0.15) is 11.3 Å². The highest BCUT2D eigenvalue weighted by molar-refractivity contribution is 7.08. The normalized spacial score (nSPS) is 14.1. The molecule has 1 fully saturated rings. The van der Waals surface area contributed by atoms with E-state index in [1.807, 2.05) is 21.7 Å². The molecule has 170 valence electrons. The number of ether oxygens (including phenoxy) is 1. The predicted molar refractivity (Wildman–Crippen MR) is 125 cm³/mol. The van der Waals surface area contributed by atoms with Gasteiger partial charge in [-0.1, -0.05) is 12.1 Å². The molecule has 1 saturated heterocycles. The summed E-state index contributed by atoms with van der Waals surface area (Å²) in [6, 6.07) is 8.58. The zero-order valence-corrected chi connectivity index (χ0v) is 19.2. The Labute approximate surface area is 195 Å². The topological polar surface area (TPSA) is 92.1 Å². The zero-order chi connectivity index (χ0) is 21.8. The second-order valence-corrected chi connectivity index (χ2v) is 8.01. The monoisotopic (exact) mass is 477 g/mol. The highest BCUT2D eigenvalue weighted by Crippen LogP contribution is 2.24. The number of nitrogens with zero attached hydrogens (tertiary/aromatic N) is 2. The number of methoxy groups -OCH3 is 1. The molecule has 0 unspecified atom stereocenters. The van der Waals surface area contributed by atoms with Crippen molar-refractivity contribution in [3.8, 4) is 5.75 Å². The minimum Gasteiger partial charge on any atom is -0.493 e. The minimum absolute atomic E-state index is 0. The van der Waals surface area contributed by atoms with Crippen molar-refractivity contribution in [3.63, 3.8) is 0 Å². The molecular formula is C22H24ClN3O5S. The highest BCUT2D eigenvalue weighted by Gasteiger charge is 2.22. The maximum atomic E-state index is 12.5. The summed E-state index contributed by atoms with van der Waals surface area (Å²) in [7, 11) is 1.49. The van der Waals surface area contributed by atoms with Crippen LogP contribution in [-0.4, -0.2) is 68.0 Å². The number of piperazine rings is 1. The number of fused-ring (bicyclic) bond motifs is 1. The summed E-state index contributed by atoms with van der Waals surface area (Å²) in [5.41, 5.74) is 0.320. The molecule has 0 radical (unpaired) electrons. The standard InChI is InChI=1S/C22H23N3O5S.ClH/c1-29-18-4-2-3-15-13-17(22(28)30-19(15)18)20(26)23-6-7-24-8-10-25(11-9-24)21(27)16-5-12-31-14-16;/h2-5,12-14H,6-11H2,1H3,(H,23,26);1H. The van der Waals surface area contributed by atoms with Crippen LogP contribution >= 0.6 is 23.7 Å². The van der Waals surface area contributed by atoms with Crippen LogP contribution in [0.2, 0.25) is 0 Å². The van der Waals surface area contributed by atoms with Crippen molar-refractivity contribution >= 4 is 46.5 Å². The fourth-order valence-corrected chi connectivity index (χ4v) is 4.23. The summed E-state index contributed by atoms with van der Waals surface area (Å²) in [5, 5.41) is 7.17. The van der Waals surface area contributed by atoms with E-state index in [2.05, 4.69) is 10.2 Å². The van der Waals surface area contributed by atoms with E-state index in [1.54, 1.807) is 18.2 Å². The Morgan fingerprint density at radius 2 is 1.97 bits per heavy atom.